The lowest BCUT2D eigenvalue weighted by Crippen LogP contribution is -2.47. The van der Waals surface area contributed by atoms with Crippen molar-refractivity contribution in [3.05, 3.63) is 97.2 Å². The third kappa shape index (κ3) is 61.5. The van der Waals surface area contributed by atoms with Crippen molar-refractivity contribution in [1.82, 2.24) is 5.32 Å². The number of carbonyl (C=O) groups excluding carboxylic acids is 2. The highest BCUT2D eigenvalue weighted by molar-refractivity contribution is 7.45. The molecule has 1 amide bonds. The Kier molecular flexibility index (Phi) is 58.7. The molecule has 474 valence electrons. The first-order valence-electron chi connectivity index (χ1n) is 34.0. The number of phosphoric acid groups is 1. The largest absolute Gasteiger partial charge is 0.756 e. The number of ether oxygens (including phenoxy) is 1. The summed E-state index contributed by atoms with van der Waals surface area (Å²) in [6, 6.07) is -0.903. The van der Waals surface area contributed by atoms with Crippen LogP contribution in [-0.2, 0) is 27.9 Å². The number of unbranched alkanes of at least 4 members (excludes halogenated alkanes) is 31. The van der Waals surface area contributed by atoms with Crippen LogP contribution in [0.15, 0.2) is 97.2 Å². The number of quaternary nitrogens is 1. The molecule has 0 bridgehead atoms. The number of hydrogen-bond acceptors (Lipinski definition) is 7. The molecule has 0 aliphatic rings. The zero-order valence-corrected chi connectivity index (χ0v) is 55.1. The van der Waals surface area contributed by atoms with Crippen LogP contribution in [0.4, 0.5) is 0 Å². The highest BCUT2D eigenvalue weighted by Crippen LogP contribution is 2.38. The van der Waals surface area contributed by atoms with Gasteiger partial charge in [-0.1, -0.05) is 266 Å². The van der Waals surface area contributed by atoms with Gasteiger partial charge in [-0.2, -0.15) is 0 Å². The Morgan fingerprint density at radius 1 is 0.427 bits per heavy atom. The van der Waals surface area contributed by atoms with E-state index in [4.69, 9.17) is 13.8 Å². The Labute approximate surface area is 507 Å². The van der Waals surface area contributed by atoms with Crippen molar-refractivity contribution in [2.45, 2.75) is 309 Å². The van der Waals surface area contributed by atoms with E-state index in [0.29, 0.717) is 23.9 Å². The van der Waals surface area contributed by atoms with E-state index in [1.807, 2.05) is 33.3 Å². The molecule has 0 aromatic heterocycles. The predicted octanol–water partition coefficient (Wildman–Crippen LogP) is 20.9. The van der Waals surface area contributed by atoms with Gasteiger partial charge in [0.15, 0.2) is 0 Å². The van der Waals surface area contributed by atoms with Crippen molar-refractivity contribution in [2.24, 2.45) is 0 Å². The van der Waals surface area contributed by atoms with Crippen molar-refractivity contribution in [1.29, 1.82) is 0 Å². The lowest BCUT2D eigenvalue weighted by molar-refractivity contribution is -0.870. The average molecular weight is 1170 g/mol. The molecule has 0 radical (unpaired) electrons. The molecule has 0 spiro atoms. The number of likely N-dealkylation sites (N-methyl/N-ethyl adjacent to an activating group) is 1. The van der Waals surface area contributed by atoms with E-state index in [9.17, 15) is 19.0 Å². The van der Waals surface area contributed by atoms with Gasteiger partial charge >= 0.3 is 5.97 Å². The molecule has 0 saturated heterocycles. The zero-order valence-electron chi connectivity index (χ0n) is 54.2. The molecule has 9 nitrogen and oxygen atoms in total. The van der Waals surface area contributed by atoms with E-state index in [2.05, 4.69) is 111 Å². The van der Waals surface area contributed by atoms with E-state index in [1.165, 1.54) is 148 Å². The standard InChI is InChI=1S/C72H129N2O7P/c1-7-10-13-16-19-22-25-28-30-32-34-36-37-39-41-43-45-47-50-53-56-59-62-65-72(76)81-70(63-60-57-54-51-48-27-24-21-18-15-12-9-3)69(68-80-82(77,78)79-67-66-74(4,5)6)73-71(75)64-61-58-55-52-49-46-44-42-40-38-35-33-31-29-26-23-20-17-14-11-8-2/h19-20,22-23,28-31,34-36,38-39,41,60,63,69-70H,7-18,21,24-27,32-33,37,40,42-59,61-62,64-68H2,1-6H3,(H-,73,75,77,78)/b22-19-,23-20-,30-28-,31-29-,36-34-,38-35-,41-39-,63-60+. The normalized spacial score (nSPS) is 14.2. The van der Waals surface area contributed by atoms with E-state index < -0.39 is 26.6 Å². The van der Waals surface area contributed by atoms with Crippen molar-refractivity contribution in [3.8, 4) is 0 Å². The topological polar surface area (TPSA) is 114 Å². The first-order valence-corrected chi connectivity index (χ1v) is 35.5. The summed E-state index contributed by atoms with van der Waals surface area (Å²) < 4.78 is 30.4. The van der Waals surface area contributed by atoms with Gasteiger partial charge in [0.05, 0.1) is 33.8 Å². The predicted molar refractivity (Wildman–Crippen MR) is 353 cm³/mol. The molecule has 0 saturated carbocycles. The van der Waals surface area contributed by atoms with Crippen molar-refractivity contribution in [2.75, 3.05) is 40.9 Å². The number of allylic oxidation sites excluding steroid dienone is 15. The minimum Gasteiger partial charge on any atom is -0.756 e. The molecule has 0 aromatic rings. The minimum atomic E-state index is -4.71. The summed E-state index contributed by atoms with van der Waals surface area (Å²) in [7, 11) is 1.17. The Morgan fingerprint density at radius 2 is 0.744 bits per heavy atom. The van der Waals surface area contributed by atoms with E-state index >= 15 is 0 Å². The maximum absolute atomic E-state index is 13.6. The molecular weight excluding hydrogens is 1040 g/mol. The maximum atomic E-state index is 13.6. The Balaban J connectivity index is 5.19. The number of phosphoric ester groups is 1. The van der Waals surface area contributed by atoms with Gasteiger partial charge in [-0.25, -0.2) is 0 Å². The molecule has 0 aliphatic carbocycles. The van der Waals surface area contributed by atoms with Crippen molar-refractivity contribution < 1.29 is 37.3 Å². The van der Waals surface area contributed by atoms with Gasteiger partial charge in [-0.15, -0.1) is 0 Å². The Bertz CT molecular complexity index is 1720. The van der Waals surface area contributed by atoms with Crippen molar-refractivity contribution >= 4 is 19.7 Å². The average Bonchev–Trinajstić information content (AvgIpc) is 3.44. The molecule has 0 heterocycles. The number of nitrogens with zero attached hydrogens (tertiary/aromatic N) is 1. The van der Waals surface area contributed by atoms with E-state index in [-0.39, 0.29) is 24.9 Å². The summed E-state index contributed by atoms with van der Waals surface area (Å²) in [4.78, 5) is 40.1. The first-order chi connectivity index (χ1) is 39.9. The van der Waals surface area contributed by atoms with Gasteiger partial charge in [-0.05, 0) is 115 Å². The van der Waals surface area contributed by atoms with Crippen LogP contribution in [0.5, 0.6) is 0 Å². The maximum Gasteiger partial charge on any atom is 0.306 e. The van der Waals surface area contributed by atoms with Gasteiger partial charge in [-0.3, -0.25) is 14.2 Å². The number of amides is 1. The number of carbonyl (C=O) groups is 2. The number of rotatable bonds is 61. The third-order valence-corrected chi connectivity index (χ3v) is 15.7. The van der Waals surface area contributed by atoms with E-state index in [1.54, 1.807) is 0 Å². The number of nitrogens with one attached hydrogen (secondary N) is 1. The summed E-state index contributed by atoms with van der Waals surface area (Å²) in [6.07, 6.45) is 82.3. The molecule has 0 aliphatic heterocycles. The lowest BCUT2D eigenvalue weighted by Gasteiger charge is -2.30. The second-order valence-electron chi connectivity index (χ2n) is 24.0. The van der Waals surface area contributed by atoms with Crippen LogP contribution in [0.1, 0.15) is 297 Å². The molecule has 82 heavy (non-hydrogen) atoms. The molecule has 1 N–H and O–H groups in total. The number of esters is 1. The fourth-order valence-corrected chi connectivity index (χ4v) is 10.2. The van der Waals surface area contributed by atoms with Crippen LogP contribution >= 0.6 is 7.82 Å². The summed E-state index contributed by atoms with van der Waals surface area (Å²) in [6.45, 7) is 6.78. The van der Waals surface area contributed by atoms with Crippen LogP contribution in [0.3, 0.4) is 0 Å². The highest BCUT2D eigenvalue weighted by Gasteiger charge is 2.27. The second kappa shape index (κ2) is 61.0. The third-order valence-electron chi connectivity index (χ3n) is 14.7. The number of hydrogen-bond donors (Lipinski definition) is 1. The first kappa shape index (κ1) is 78.9. The Hall–Kier alpha value is -3.07. The Morgan fingerprint density at radius 3 is 1.13 bits per heavy atom. The molecule has 3 atom stereocenters. The molecular formula is C72H129N2O7P. The molecule has 10 heteroatoms. The fraction of sp³-hybridized carbons (Fsp3) is 0.750. The lowest BCUT2D eigenvalue weighted by atomic mass is 10.0. The smallest absolute Gasteiger partial charge is 0.306 e. The monoisotopic (exact) mass is 1160 g/mol. The van der Waals surface area contributed by atoms with Crippen LogP contribution in [0, 0.1) is 0 Å². The van der Waals surface area contributed by atoms with Gasteiger partial charge < -0.3 is 28.5 Å². The van der Waals surface area contributed by atoms with Crippen LogP contribution in [0.2, 0.25) is 0 Å². The molecule has 0 fully saturated rings. The SMILES string of the molecule is CCCCC/C=C\C/C=C\C/C=C\C/C=C\CCCCCCCCCC(=O)OC(/C=C/CCCCCCCCCCCC)C(COP(=O)([O-])OCC[N+](C)(C)C)NC(=O)CCCCCCCCCC/C=C\C/C=C\C/C=C\CCCCC. The molecule has 0 rings (SSSR count). The van der Waals surface area contributed by atoms with Gasteiger partial charge in [0.25, 0.3) is 7.82 Å². The summed E-state index contributed by atoms with van der Waals surface area (Å²) >= 11 is 0. The minimum absolute atomic E-state index is 0.0299. The summed E-state index contributed by atoms with van der Waals surface area (Å²) in [5.41, 5.74) is 0. The summed E-state index contributed by atoms with van der Waals surface area (Å²) in [5, 5.41) is 3.03. The van der Waals surface area contributed by atoms with Crippen LogP contribution in [0.25, 0.3) is 0 Å². The second-order valence-corrected chi connectivity index (χ2v) is 25.4. The van der Waals surface area contributed by atoms with Gasteiger partial charge in [0.2, 0.25) is 5.91 Å². The summed E-state index contributed by atoms with van der Waals surface area (Å²) in [5.74, 6) is -0.561. The highest BCUT2D eigenvalue weighted by atomic mass is 31.2. The van der Waals surface area contributed by atoms with Crippen molar-refractivity contribution in [3.63, 3.8) is 0 Å². The quantitative estimate of drug-likeness (QED) is 0.0212. The molecule has 3 unspecified atom stereocenters. The van der Waals surface area contributed by atoms with Gasteiger partial charge in [0.1, 0.15) is 19.3 Å². The molecule has 0 aromatic carbocycles. The van der Waals surface area contributed by atoms with E-state index in [0.717, 1.165) is 109 Å². The fourth-order valence-electron chi connectivity index (χ4n) is 9.45. The van der Waals surface area contributed by atoms with Crippen LogP contribution in [-0.4, -0.2) is 69.4 Å². The van der Waals surface area contributed by atoms with Crippen LogP contribution < -0.4 is 10.2 Å². The van der Waals surface area contributed by atoms with Gasteiger partial charge in [0, 0.05) is 12.8 Å². The zero-order chi connectivity index (χ0) is 60.0.